The van der Waals surface area contributed by atoms with E-state index in [1.165, 1.54) is 0 Å². The van der Waals surface area contributed by atoms with Gasteiger partial charge in [-0.05, 0) is 6.08 Å². The molecule has 0 radical (unpaired) electrons. The first-order valence-corrected chi connectivity index (χ1v) is 2.20. The molecule has 1 heterocycles. The predicted octanol–water partition coefficient (Wildman–Crippen LogP) is 0.949. The summed E-state index contributed by atoms with van der Waals surface area (Å²) in [6.45, 7) is 0.502. The van der Waals surface area contributed by atoms with Crippen LogP contribution in [0.4, 0.5) is 0 Å². The molecule has 0 saturated carbocycles. The van der Waals surface area contributed by atoms with Gasteiger partial charge in [0.1, 0.15) is 6.61 Å². The third-order valence-electron chi connectivity index (χ3n) is 0.676. The van der Waals surface area contributed by atoms with E-state index in [1.807, 2.05) is 12.2 Å². The molecule has 0 aromatic rings. The number of rotatable bonds is 0. The molecule has 38 valence electrons. The van der Waals surface area contributed by atoms with Gasteiger partial charge >= 0.3 is 0 Å². The molecule has 0 spiro atoms. The average molecular weight is 98.1 g/mol. The summed E-state index contributed by atoms with van der Waals surface area (Å²) < 4.78 is 6.99. The van der Waals surface area contributed by atoms with Crippen molar-refractivity contribution >= 4 is 6.19 Å². The van der Waals surface area contributed by atoms with Crippen molar-refractivity contribution in [1.82, 2.24) is 0 Å². The summed E-state index contributed by atoms with van der Waals surface area (Å²) in [7, 11) is 0. The average Bonchev–Trinajstić information content (AvgIpc) is 1.94. The molecular weight excluding hydrogens is 90.1 g/mol. The van der Waals surface area contributed by atoms with E-state index >= 15 is 0 Å². The van der Waals surface area contributed by atoms with Crippen LogP contribution in [0.5, 0.6) is 0 Å². The van der Waals surface area contributed by atoms with Crippen molar-refractivity contribution in [3.63, 3.8) is 0 Å². The van der Waals surface area contributed by atoms with Gasteiger partial charge in [0.2, 0.25) is 0 Å². The maximum absolute atomic E-state index is 6.99. The molecule has 0 aromatic heterocycles. The Morgan fingerprint density at radius 3 is 3.71 bits per heavy atom. The van der Waals surface area contributed by atoms with Gasteiger partial charge in [0.05, 0.1) is 1.37 Å². The number of nitrogens with zero attached hydrogens (tertiary/aromatic N) is 1. The van der Waals surface area contributed by atoms with Crippen LogP contribution in [0.2, 0.25) is 0 Å². The van der Waals surface area contributed by atoms with Crippen molar-refractivity contribution in [2.45, 2.75) is 6.42 Å². The molecular formula is C5H7NO. The minimum Gasteiger partial charge on any atom is -0.392 e. The highest BCUT2D eigenvalue weighted by molar-refractivity contribution is 5.58. The normalized spacial score (nSPS) is 21.7. The molecule has 0 saturated heterocycles. The van der Waals surface area contributed by atoms with Crippen LogP contribution in [-0.2, 0) is 4.84 Å². The fourth-order valence-corrected chi connectivity index (χ4v) is 0.367. The van der Waals surface area contributed by atoms with Gasteiger partial charge in [-0.3, -0.25) is 0 Å². The van der Waals surface area contributed by atoms with Gasteiger partial charge in [0.25, 0.3) is 0 Å². The second-order valence-corrected chi connectivity index (χ2v) is 1.22. The SMILES string of the molecule is [2H]C1=NOCC=CC1. The third-order valence-corrected chi connectivity index (χ3v) is 0.676. The van der Waals surface area contributed by atoms with Crippen molar-refractivity contribution in [1.29, 1.82) is 0 Å². The third kappa shape index (κ3) is 1.39. The van der Waals surface area contributed by atoms with E-state index in [0.29, 0.717) is 19.2 Å². The molecule has 1 aliphatic rings. The number of hydrogen-bond acceptors (Lipinski definition) is 2. The monoisotopic (exact) mass is 98.1 g/mol. The Hall–Kier alpha value is -0.790. The van der Waals surface area contributed by atoms with Crippen LogP contribution in [0.15, 0.2) is 17.3 Å². The maximum Gasteiger partial charge on any atom is 0.135 e. The van der Waals surface area contributed by atoms with E-state index in [2.05, 4.69) is 9.99 Å². The molecule has 0 aromatic carbocycles. The summed E-state index contributed by atoms with van der Waals surface area (Å²) in [4.78, 5) is 4.62. The summed E-state index contributed by atoms with van der Waals surface area (Å²) in [5.74, 6) is 0. The first-order valence-electron chi connectivity index (χ1n) is 2.70. The highest BCUT2D eigenvalue weighted by atomic mass is 16.6. The molecule has 0 amide bonds. The highest BCUT2D eigenvalue weighted by Gasteiger charge is 1.79. The van der Waals surface area contributed by atoms with Crippen LogP contribution >= 0.6 is 0 Å². The largest absolute Gasteiger partial charge is 0.392 e. The van der Waals surface area contributed by atoms with Crippen molar-refractivity contribution < 1.29 is 6.21 Å². The fourth-order valence-electron chi connectivity index (χ4n) is 0.367. The molecule has 2 nitrogen and oxygen atoms in total. The first-order chi connectivity index (χ1) is 3.89. The number of allylic oxidation sites excluding steroid dienone is 1. The Labute approximate surface area is 43.9 Å². The maximum atomic E-state index is 6.99. The highest BCUT2D eigenvalue weighted by Crippen LogP contribution is 1.86. The van der Waals surface area contributed by atoms with E-state index in [9.17, 15) is 0 Å². The van der Waals surface area contributed by atoms with Crippen LogP contribution in [0, 0.1) is 0 Å². The van der Waals surface area contributed by atoms with E-state index in [4.69, 9.17) is 1.37 Å². The Morgan fingerprint density at radius 1 is 1.71 bits per heavy atom. The smallest absolute Gasteiger partial charge is 0.135 e. The van der Waals surface area contributed by atoms with Crippen molar-refractivity contribution in [3.05, 3.63) is 12.2 Å². The minimum absolute atomic E-state index is 0.291. The van der Waals surface area contributed by atoms with E-state index in [0.717, 1.165) is 0 Å². The topological polar surface area (TPSA) is 21.6 Å². The van der Waals surface area contributed by atoms with Crippen molar-refractivity contribution in [2.24, 2.45) is 5.16 Å². The van der Waals surface area contributed by atoms with Gasteiger partial charge in [-0.15, -0.1) is 0 Å². The van der Waals surface area contributed by atoms with Gasteiger partial charge in [-0.1, -0.05) is 11.2 Å². The molecule has 0 bridgehead atoms. The molecule has 0 atom stereocenters. The molecule has 2 heteroatoms. The zero-order valence-corrected chi connectivity index (χ0v) is 3.92. The molecule has 1 rings (SSSR count). The first kappa shape index (κ1) is 3.24. The number of oxime groups is 1. The van der Waals surface area contributed by atoms with Crippen LogP contribution in [0.3, 0.4) is 0 Å². The molecule has 1 aliphatic heterocycles. The second kappa shape index (κ2) is 2.39. The van der Waals surface area contributed by atoms with Crippen LogP contribution in [-0.4, -0.2) is 12.8 Å². The lowest BCUT2D eigenvalue weighted by molar-refractivity contribution is 0.177. The second-order valence-electron chi connectivity index (χ2n) is 1.22. The lowest BCUT2D eigenvalue weighted by atomic mass is 10.4. The van der Waals surface area contributed by atoms with Gasteiger partial charge < -0.3 is 4.84 Å². The summed E-state index contributed by atoms with van der Waals surface area (Å²) >= 11 is 0. The number of hydrogen-bond donors (Lipinski definition) is 0. The van der Waals surface area contributed by atoms with Crippen molar-refractivity contribution in [2.75, 3.05) is 6.61 Å². The van der Waals surface area contributed by atoms with E-state index in [1.54, 1.807) is 0 Å². The van der Waals surface area contributed by atoms with Crippen LogP contribution in [0.25, 0.3) is 0 Å². The summed E-state index contributed by atoms with van der Waals surface area (Å²) in [6.07, 6.45) is 4.61. The summed E-state index contributed by atoms with van der Waals surface area (Å²) in [5.41, 5.74) is 0. The Balaban J connectivity index is 2.51. The standard InChI is InChI=1S/C5H7NO/c1-2-4-6-7-5-3-1/h1,3-4H,2,5H2/i4D. The zero-order valence-electron chi connectivity index (χ0n) is 4.92. The zero-order chi connectivity index (χ0) is 5.82. The van der Waals surface area contributed by atoms with Crippen LogP contribution < -0.4 is 0 Å². The van der Waals surface area contributed by atoms with Gasteiger partial charge in [0.15, 0.2) is 0 Å². The molecule has 0 aliphatic carbocycles. The lowest BCUT2D eigenvalue weighted by Crippen LogP contribution is -1.76. The molecule has 7 heavy (non-hydrogen) atoms. The summed E-state index contributed by atoms with van der Waals surface area (Å²) in [5, 5.41) is 3.44. The van der Waals surface area contributed by atoms with Gasteiger partial charge in [-0.25, -0.2) is 0 Å². The Morgan fingerprint density at radius 2 is 2.71 bits per heavy atom. The van der Waals surface area contributed by atoms with Crippen molar-refractivity contribution in [3.8, 4) is 0 Å². The van der Waals surface area contributed by atoms with Crippen LogP contribution in [0.1, 0.15) is 7.79 Å². The Bertz CT molecular complexity index is 130. The molecule has 0 fully saturated rings. The minimum atomic E-state index is 0.291. The fraction of sp³-hybridized carbons (Fsp3) is 0.400. The lowest BCUT2D eigenvalue weighted by Gasteiger charge is -1.84. The van der Waals surface area contributed by atoms with Gasteiger partial charge in [0, 0.05) is 12.6 Å². The summed E-state index contributed by atoms with van der Waals surface area (Å²) in [6, 6.07) is 0. The Kier molecular flexibility index (Phi) is 1.11. The molecule has 0 N–H and O–H groups in total. The van der Waals surface area contributed by atoms with E-state index < -0.39 is 0 Å². The van der Waals surface area contributed by atoms with E-state index in [-0.39, 0.29) is 0 Å². The molecule has 0 unspecified atom stereocenters. The predicted molar refractivity (Wildman–Crippen MR) is 28.2 cm³/mol. The quantitative estimate of drug-likeness (QED) is 0.413. The van der Waals surface area contributed by atoms with Gasteiger partial charge in [-0.2, -0.15) is 0 Å².